The minimum Gasteiger partial charge on any atom is -0.468 e. The molecule has 0 aromatic heterocycles. The van der Waals surface area contributed by atoms with E-state index in [9.17, 15) is 0 Å². The molecule has 1 atom stereocenters. The van der Waals surface area contributed by atoms with E-state index in [0.717, 1.165) is 24.2 Å². The molecular formula is C20H26O4. The van der Waals surface area contributed by atoms with Gasteiger partial charge in [0.1, 0.15) is 5.75 Å². The van der Waals surface area contributed by atoms with Gasteiger partial charge in [-0.3, -0.25) is 0 Å². The maximum absolute atomic E-state index is 5.86. The third-order valence-electron chi connectivity index (χ3n) is 4.77. The lowest BCUT2D eigenvalue weighted by molar-refractivity contribution is -0.139. The Bertz CT molecular complexity index is 611. The molecule has 1 aromatic rings. The normalized spacial score (nSPS) is 26.0. The van der Waals surface area contributed by atoms with E-state index in [1.54, 1.807) is 7.11 Å². The second-order valence-electron chi connectivity index (χ2n) is 6.74. The Balaban J connectivity index is 1.68. The van der Waals surface area contributed by atoms with Crippen molar-refractivity contribution in [3.63, 3.8) is 0 Å². The lowest BCUT2D eigenvalue weighted by Crippen LogP contribution is -2.37. The summed E-state index contributed by atoms with van der Waals surface area (Å²) in [6, 6.07) is 8.01. The predicted molar refractivity (Wildman–Crippen MR) is 93.7 cm³/mol. The molecule has 4 nitrogen and oxygen atoms in total. The maximum atomic E-state index is 5.86. The first kappa shape index (κ1) is 17.2. The third kappa shape index (κ3) is 3.72. The van der Waals surface area contributed by atoms with E-state index >= 15 is 0 Å². The van der Waals surface area contributed by atoms with Gasteiger partial charge in [-0.2, -0.15) is 0 Å². The SMILES string of the molecule is COCOc1ccc(/C=C/C2(C)C=C(C)C3(CC2)OCCO3)cc1. The average molecular weight is 330 g/mol. The highest BCUT2D eigenvalue weighted by Crippen LogP contribution is 2.44. The van der Waals surface area contributed by atoms with E-state index < -0.39 is 5.79 Å². The molecule has 1 aromatic carbocycles. The topological polar surface area (TPSA) is 36.9 Å². The van der Waals surface area contributed by atoms with Crippen molar-refractivity contribution >= 4 is 6.08 Å². The van der Waals surface area contributed by atoms with E-state index in [1.165, 1.54) is 5.57 Å². The third-order valence-corrected chi connectivity index (χ3v) is 4.77. The minimum absolute atomic E-state index is 0.0237. The summed E-state index contributed by atoms with van der Waals surface area (Å²) in [5, 5.41) is 0. The summed E-state index contributed by atoms with van der Waals surface area (Å²) < 4.78 is 22.0. The van der Waals surface area contributed by atoms with Gasteiger partial charge in [-0.25, -0.2) is 0 Å². The van der Waals surface area contributed by atoms with Crippen LogP contribution in [-0.4, -0.2) is 32.9 Å². The maximum Gasteiger partial charge on any atom is 0.190 e. The Morgan fingerprint density at radius 1 is 1.12 bits per heavy atom. The van der Waals surface area contributed by atoms with Crippen molar-refractivity contribution in [2.45, 2.75) is 32.5 Å². The van der Waals surface area contributed by atoms with Crippen LogP contribution in [0.15, 0.2) is 42.0 Å². The first-order valence-corrected chi connectivity index (χ1v) is 8.44. The molecule has 0 saturated carbocycles. The predicted octanol–water partition coefficient (Wildman–Crippen LogP) is 4.17. The lowest BCUT2D eigenvalue weighted by Gasteiger charge is -2.38. The number of hydrogen-bond acceptors (Lipinski definition) is 4. The minimum atomic E-state index is -0.465. The van der Waals surface area contributed by atoms with Crippen molar-refractivity contribution in [2.24, 2.45) is 5.41 Å². The first-order chi connectivity index (χ1) is 11.6. The zero-order valence-electron chi connectivity index (χ0n) is 14.7. The second-order valence-corrected chi connectivity index (χ2v) is 6.74. The van der Waals surface area contributed by atoms with Crippen LogP contribution in [0.4, 0.5) is 0 Å². The Hall–Kier alpha value is -1.62. The number of rotatable bonds is 5. The first-order valence-electron chi connectivity index (χ1n) is 8.44. The summed E-state index contributed by atoms with van der Waals surface area (Å²) >= 11 is 0. The van der Waals surface area contributed by atoms with Gasteiger partial charge >= 0.3 is 0 Å². The second kappa shape index (κ2) is 7.09. The van der Waals surface area contributed by atoms with Crippen molar-refractivity contribution in [3.8, 4) is 5.75 Å². The number of benzene rings is 1. The van der Waals surface area contributed by atoms with Crippen molar-refractivity contribution in [3.05, 3.63) is 47.6 Å². The van der Waals surface area contributed by atoms with Gasteiger partial charge in [0.25, 0.3) is 0 Å². The van der Waals surface area contributed by atoms with E-state index in [-0.39, 0.29) is 12.2 Å². The van der Waals surface area contributed by atoms with Crippen LogP contribution in [0.1, 0.15) is 32.3 Å². The molecule has 0 radical (unpaired) electrons. The van der Waals surface area contributed by atoms with Crippen LogP contribution in [0.2, 0.25) is 0 Å². The van der Waals surface area contributed by atoms with Crippen molar-refractivity contribution in [2.75, 3.05) is 27.1 Å². The van der Waals surface area contributed by atoms with Crippen molar-refractivity contribution in [1.82, 2.24) is 0 Å². The van der Waals surface area contributed by atoms with Crippen molar-refractivity contribution < 1.29 is 18.9 Å². The van der Waals surface area contributed by atoms with Gasteiger partial charge in [-0.05, 0) is 36.6 Å². The zero-order valence-corrected chi connectivity index (χ0v) is 14.7. The molecule has 0 amide bonds. The Morgan fingerprint density at radius 2 is 1.83 bits per heavy atom. The zero-order chi connectivity index (χ0) is 17.0. The molecule has 1 aliphatic carbocycles. The van der Waals surface area contributed by atoms with Gasteiger partial charge in [0.2, 0.25) is 0 Å². The molecule has 130 valence electrons. The Morgan fingerprint density at radius 3 is 2.46 bits per heavy atom. The van der Waals surface area contributed by atoms with E-state index in [4.69, 9.17) is 18.9 Å². The quantitative estimate of drug-likeness (QED) is 0.600. The largest absolute Gasteiger partial charge is 0.468 e. The van der Waals surface area contributed by atoms with Crippen LogP contribution >= 0.6 is 0 Å². The van der Waals surface area contributed by atoms with Crippen LogP contribution in [0.25, 0.3) is 6.08 Å². The molecule has 1 saturated heterocycles. The number of allylic oxidation sites excluding steroid dienone is 2. The highest BCUT2D eigenvalue weighted by atomic mass is 16.7. The summed E-state index contributed by atoms with van der Waals surface area (Å²) in [4.78, 5) is 0. The highest BCUT2D eigenvalue weighted by Gasteiger charge is 2.43. The molecular weight excluding hydrogens is 304 g/mol. The number of methoxy groups -OCH3 is 1. The van der Waals surface area contributed by atoms with Gasteiger partial charge in [0.15, 0.2) is 12.6 Å². The summed E-state index contributed by atoms with van der Waals surface area (Å²) in [7, 11) is 1.61. The van der Waals surface area contributed by atoms with Crippen LogP contribution in [0.5, 0.6) is 5.75 Å². The molecule has 24 heavy (non-hydrogen) atoms. The van der Waals surface area contributed by atoms with Gasteiger partial charge in [0, 0.05) is 18.9 Å². The van der Waals surface area contributed by atoms with Gasteiger partial charge in [0.05, 0.1) is 13.2 Å². The molecule has 1 aliphatic heterocycles. The fraction of sp³-hybridized carbons (Fsp3) is 0.500. The monoisotopic (exact) mass is 330 g/mol. The molecule has 1 heterocycles. The van der Waals surface area contributed by atoms with Gasteiger partial charge in [-0.15, -0.1) is 0 Å². The Labute approximate surface area is 144 Å². The van der Waals surface area contributed by atoms with Crippen molar-refractivity contribution in [1.29, 1.82) is 0 Å². The lowest BCUT2D eigenvalue weighted by atomic mass is 9.75. The van der Waals surface area contributed by atoms with Gasteiger partial charge in [-0.1, -0.05) is 37.3 Å². The summed E-state index contributed by atoms with van der Waals surface area (Å²) in [5.74, 6) is 0.347. The molecule has 1 fully saturated rings. The summed E-state index contributed by atoms with van der Waals surface area (Å²) in [6.45, 7) is 6.01. The van der Waals surface area contributed by atoms with E-state index in [1.807, 2.05) is 12.1 Å². The Kier molecular flexibility index (Phi) is 5.09. The summed E-state index contributed by atoms with van der Waals surface area (Å²) in [5.41, 5.74) is 2.36. The smallest absolute Gasteiger partial charge is 0.190 e. The summed E-state index contributed by atoms with van der Waals surface area (Å²) in [6.07, 6.45) is 8.63. The van der Waals surface area contributed by atoms with E-state index in [2.05, 4.69) is 44.2 Å². The molecule has 4 heteroatoms. The standard InChI is InChI=1S/C20H26O4/c1-16-14-19(2,10-11-20(16)23-12-13-24-20)9-8-17-4-6-18(7-5-17)22-15-21-3/h4-9,14H,10-13,15H2,1-3H3/b9-8+. The van der Waals surface area contributed by atoms with Crippen LogP contribution in [0, 0.1) is 5.41 Å². The average Bonchev–Trinajstić information content (AvgIpc) is 3.06. The molecule has 0 N–H and O–H groups in total. The number of hydrogen-bond donors (Lipinski definition) is 0. The van der Waals surface area contributed by atoms with Crippen LogP contribution in [-0.2, 0) is 14.2 Å². The van der Waals surface area contributed by atoms with Gasteiger partial charge < -0.3 is 18.9 Å². The fourth-order valence-electron chi connectivity index (χ4n) is 3.35. The fourth-order valence-corrected chi connectivity index (χ4v) is 3.35. The molecule has 1 spiro atoms. The van der Waals surface area contributed by atoms with Crippen LogP contribution < -0.4 is 4.74 Å². The molecule has 2 aliphatic rings. The molecule has 3 rings (SSSR count). The highest BCUT2D eigenvalue weighted by molar-refractivity contribution is 5.52. The van der Waals surface area contributed by atoms with Crippen LogP contribution in [0.3, 0.4) is 0 Å². The molecule has 0 bridgehead atoms. The number of ether oxygens (including phenoxy) is 4. The van der Waals surface area contributed by atoms with E-state index in [0.29, 0.717) is 13.2 Å². The molecule has 1 unspecified atom stereocenters.